The second kappa shape index (κ2) is 7.52. The van der Waals surface area contributed by atoms with Gasteiger partial charge in [-0.25, -0.2) is 0 Å². The highest BCUT2D eigenvalue weighted by atomic mass is 32.1. The van der Waals surface area contributed by atoms with Gasteiger partial charge in [-0.2, -0.15) is 0 Å². The zero-order valence-electron chi connectivity index (χ0n) is 13.9. The molecule has 128 valence electrons. The molecule has 1 unspecified atom stereocenters. The van der Waals surface area contributed by atoms with E-state index in [2.05, 4.69) is 39.2 Å². The Labute approximate surface area is 155 Å². The van der Waals surface area contributed by atoms with E-state index in [0.29, 0.717) is 13.1 Å². The fourth-order valence-electron chi connectivity index (χ4n) is 3.36. The second-order valence-electron chi connectivity index (χ2n) is 6.20. The molecule has 25 heavy (non-hydrogen) atoms. The Morgan fingerprint density at radius 3 is 2.76 bits per heavy atom. The summed E-state index contributed by atoms with van der Waals surface area (Å²) in [5.41, 5.74) is 2.50. The Balaban J connectivity index is 1.46. The van der Waals surface area contributed by atoms with Crippen LogP contribution in [0.4, 0.5) is 0 Å². The van der Waals surface area contributed by atoms with Crippen molar-refractivity contribution >= 4 is 28.6 Å². The average molecular weight is 369 g/mol. The molecular weight excluding hydrogens is 348 g/mol. The topological polar surface area (TPSA) is 32.3 Å². The van der Waals surface area contributed by atoms with Crippen LogP contribution >= 0.6 is 22.7 Å². The Morgan fingerprint density at radius 2 is 1.96 bits per heavy atom. The number of nitrogens with zero attached hydrogens (tertiary/aromatic N) is 1. The van der Waals surface area contributed by atoms with Crippen molar-refractivity contribution in [1.82, 2.24) is 10.2 Å². The lowest BCUT2D eigenvalue weighted by molar-refractivity contribution is -0.122. The smallest absolute Gasteiger partial charge is 0.234 e. The number of rotatable bonds is 5. The summed E-state index contributed by atoms with van der Waals surface area (Å²) >= 11 is 3.60. The van der Waals surface area contributed by atoms with E-state index in [4.69, 9.17) is 0 Å². The van der Waals surface area contributed by atoms with Gasteiger partial charge in [-0.05, 0) is 40.4 Å². The number of carbonyl (C=O) groups is 1. The summed E-state index contributed by atoms with van der Waals surface area (Å²) in [6.07, 6.45) is 1.03. The number of hydrogen-bond acceptors (Lipinski definition) is 4. The van der Waals surface area contributed by atoms with Crippen molar-refractivity contribution in [2.24, 2.45) is 0 Å². The van der Waals surface area contributed by atoms with Crippen molar-refractivity contribution in [3.63, 3.8) is 0 Å². The molecule has 0 fully saturated rings. The Morgan fingerprint density at radius 1 is 1.08 bits per heavy atom. The summed E-state index contributed by atoms with van der Waals surface area (Å²) < 4.78 is 0. The van der Waals surface area contributed by atoms with Gasteiger partial charge in [-0.1, -0.05) is 36.4 Å². The third-order valence-electron chi connectivity index (χ3n) is 4.56. The molecule has 0 saturated carbocycles. The monoisotopic (exact) mass is 368 g/mol. The number of fused-ring (bicyclic) bond motifs is 1. The highest BCUT2D eigenvalue weighted by molar-refractivity contribution is 7.10. The lowest BCUT2D eigenvalue weighted by Gasteiger charge is -2.34. The predicted molar refractivity (Wildman–Crippen MR) is 104 cm³/mol. The van der Waals surface area contributed by atoms with Gasteiger partial charge in [0, 0.05) is 22.8 Å². The fourth-order valence-corrected chi connectivity index (χ4v) is 5.14. The maximum atomic E-state index is 12.5. The number of amides is 1. The molecule has 1 atom stereocenters. The van der Waals surface area contributed by atoms with E-state index >= 15 is 0 Å². The molecular formula is C20H20N2OS2. The quantitative estimate of drug-likeness (QED) is 0.736. The van der Waals surface area contributed by atoms with E-state index in [9.17, 15) is 4.79 Å². The van der Waals surface area contributed by atoms with Gasteiger partial charge < -0.3 is 5.32 Å². The minimum absolute atomic E-state index is 0.0871. The van der Waals surface area contributed by atoms with Gasteiger partial charge in [0.15, 0.2) is 0 Å². The molecule has 1 aliphatic heterocycles. The van der Waals surface area contributed by atoms with E-state index in [-0.39, 0.29) is 11.9 Å². The molecule has 3 nitrogen and oxygen atoms in total. The third-order valence-corrected chi connectivity index (χ3v) is 6.48. The van der Waals surface area contributed by atoms with E-state index in [1.165, 1.54) is 15.3 Å². The first-order valence-corrected chi connectivity index (χ1v) is 10.2. The maximum Gasteiger partial charge on any atom is 0.234 e. The Kier molecular flexibility index (Phi) is 4.97. The van der Waals surface area contributed by atoms with Crippen LogP contribution in [0.5, 0.6) is 0 Å². The molecule has 0 radical (unpaired) electrons. The summed E-state index contributed by atoms with van der Waals surface area (Å²) in [7, 11) is 0. The van der Waals surface area contributed by atoms with Crippen molar-refractivity contribution in [2.75, 3.05) is 13.1 Å². The highest BCUT2D eigenvalue weighted by Gasteiger charge is 2.31. The van der Waals surface area contributed by atoms with Crippen LogP contribution in [0.1, 0.15) is 26.9 Å². The number of nitrogens with one attached hydrogen (secondary N) is 1. The molecule has 2 aromatic heterocycles. The van der Waals surface area contributed by atoms with E-state index in [1.54, 1.807) is 11.3 Å². The van der Waals surface area contributed by atoms with Crippen LogP contribution in [0.2, 0.25) is 0 Å². The van der Waals surface area contributed by atoms with Crippen LogP contribution < -0.4 is 5.32 Å². The molecule has 1 aliphatic rings. The minimum Gasteiger partial charge on any atom is -0.351 e. The number of hydrogen-bond donors (Lipinski definition) is 1. The second-order valence-corrected chi connectivity index (χ2v) is 8.18. The number of thiophene rings is 2. The lowest BCUT2D eigenvalue weighted by atomic mass is 9.98. The van der Waals surface area contributed by atoms with Gasteiger partial charge in [0.2, 0.25) is 5.91 Å². The van der Waals surface area contributed by atoms with Crippen molar-refractivity contribution in [2.45, 2.75) is 19.0 Å². The first-order valence-electron chi connectivity index (χ1n) is 8.45. The molecule has 1 N–H and O–H groups in total. The molecule has 5 heteroatoms. The summed E-state index contributed by atoms with van der Waals surface area (Å²) in [6.45, 7) is 1.94. The predicted octanol–water partition coefficient (Wildman–Crippen LogP) is 4.07. The third kappa shape index (κ3) is 3.68. The van der Waals surface area contributed by atoms with Crippen LogP contribution in [-0.2, 0) is 17.8 Å². The first kappa shape index (κ1) is 16.5. The van der Waals surface area contributed by atoms with Crippen LogP contribution in [0.3, 0.4) is 0 Å². The SMILES string of the molecule is O=C(CN1CCc2sccc2C1c1cccs1)NCc1ccccc1. The maximum absolute atomic E-state index is 12.5. The summed E-state index contributed by atoms with van der Waals surface area (Å²) in [5.74, 6) is 0.0871. The Hall–Kier alpha value is -1.95. The van der Waals surface area contributed by atoms with Gasteiger partial charge in [-0.3, -0.25) is 9.69 Å². The molecule has 3 aromatic rings. The average Bonchev–Trinajstić information content (AvgIpc) is 3.32. The van der Waals surface area contributed by atoms with E-state index < -0.39 is 0 Å². The van der Waals surface area contributed by atoms with Gasteiger partial charge in [0.25, 0.3) is 0 Å². The normalized spacial score (nSPS) is 17.2. The van der Waals surface area contributed by atoms with Gasteiger partial charge >= 0.3 is 0 Å². The van der Waals surface area contributed by atoms with Crippen molar-refractivity contribution < 1.29 is 4.79 Å². The lowest BCUT2D eigenvalue weighted by Crippen LogP contribution is -2.42. The van der Waals surface area contributed by atoms with Crippen molar-refractivity contribution in [1.29, 1.82) is 0 Å². The molecule has 4 rings (SSSR count). The molecule has 0 bridgehead atoms. The molecule has 1 amide bonds. The Bertz CT molecular complexity index is 827. The summed E-state index contributed by atoms with van der Waals surface area (Å²) in [5, 5.41) is 7.34. The standard InChI is InChI=1S/C20H20N2OS2/c23-19(21-13-15-5-2-1-3-6-15)14-22-10-8-17-16(9-12-25-17)20(22)18-7-4-11-24-18/h1-7,9,11-12,20H,8,10,13-14H2,(H,21,23). The summed E-state index contributed by atoms with van der Waals surface area (Å²) in [6, 6.07) is 16.7. The van der Waals surface area contributed by atoms with Gasteiger partial charge in [0.05, 0.1) is 12.6 Å². The van der Waals surface area contributed by atoms with Crippen molar-refractivity contribution in [3.8, 4) is 0 Å². The fraction of sp³-hybridized carbons (Fsp3) is 0.250. The largest absolute Gasteiger partial charge is 0.351 e. The van der Waals surface area contributed by atoms with E-state index in [1.807, 2.05) is 41.7 Å². The zero-order valence-corrected chi connectivity index (χ0v) is 15.5. The van der Waals surface area contributed by atoms with E-state index in [0.717, 1.165) is 18.5 Å². The minimum atomic E-state index is 0.0871. The van der Waals surface area contributed by atoms with Crippen LogP contribution in [0.15, 0.2) is 59.3 Å². The zero-order chi connectivity index (χ0) is 17.1. The summed E-state index contributed by atoms with van der Waals surface area (Å²) in [4.78, 5) is 17.6. The molecule has 3 heterocycles. The van der Waals surface area contributed by atoms with Gasteiger partial charge in [0.1, 0.15) is 0 Å². The molecule has 0 saturated heterocycles. The number of benzene rings is 1. The van der Waals surface area contributed by atoms with Crippen LogP contribution in [0.25, 0.3) is 0 Å². The van der Waals surface area contributed by atoms with Gasteiger partial charge in [-0.15, -0.1) is 22.7 Å². The first-order chi connectivity index (χ1) is 12.3. The van der Waals surface area contributed by atoms with Crippen molar-refractivity contribution in [3.05, 3.63) is 80.2 Å². The van der Waals surface area contributed by atoms with Crippen LogP contribution in [0, 0.1) is 0 Å². The molecule has 0 aliphatic carbocycles. The molecule has 0 spiro atoms. The number of carbonyl (C=O) groups excluding carboxylic acids is 1. The molecule has 1 aromatic carbocycles. The van der Waals surface area contributed by atoms with Crippen LogP contribution in [-0.4, -0.2) is 23.9 Å². The highest BCUT2D eigenvalue weighted by Crippen LogP contribution is 2.39.